The molecule has 3 aromatic rings. The van der Waals surface area contributed by atoms with Crippen molar-refractivity contribution in [2.24, 2.45) is 11.8 Å². The molecule has 212 valence electrons. The number of carbonyl (C=O) groups is 4. The van der Waals surface area contributed by atoms with Crippen molar-refractivity contribution in [2.75, 3.05) is 4.90 Å². The van der Waals surface area contributed by atoms with Gasteiger partial charge in [-0.1, -0.05) is 36.4 Å². The van der Waals surface area contributed by atoms with Crippen LogP contribution in [-0.4, -0.2) is 39.5 Å². The van der Waals surface area contributed by atoms with Crippen LogP contribution in [0.15, 0.2) is 72.8 Å². The maximum Gasteiger partial charge on any atom is 0.416 e. The van der Waals surface area contributed by atoms with Gasteiger partial charge in [0.05, 0.1) is 29.5 Å². The summed E-state index contributed by atoms with van der Waals surface area (Å²) in [5.74, 6) is -7.52. The van der Waals surface area contributed by atoms with E-state index in [1.807, 2.05) is 0 Å². The second kappa shape index (κ2) is 10.0. The second-order valence-electron chi connectivity index (χ2n) is 9.97. The van der Waals surface area contributed by atoms with Gasteiger partial charge in [-0.25, -0.2) is 4.90 Å². The molecule has 4 unspecified atom stereocenters. The number of rotatable bonds is 7. The van der Waals surface area contributed by atoms with Crippen LogP contribution in [0.5, 0.6) is 11.5 Å². The van der Waals surface area contributed by atoms with Gasteiger partial charge in [0.25, 0.3) is 0 Å². The number of ether oxygens (including phenoxy) is 1. The Kier molecular flexibility index (Phi) is 6.82. The highest BCUT2D eigenvalue weighted by Crippen LogP contribution is 2.51. The molecule has 4 atom stereocenters. The first-order chi connectivity index (χ1) is 19.3. The number of anilines is 1. The van der Waals surface area contributed by atoms with E-state index in [1.165, 1.54) is 42.5 Å². The molecule has 3 aromatic carbocycles. The lowest BCUT2D eigenvalue weighted by Gasteiger charge is -2.30. The minimum absolute atomic E-state index is 0.0822. The van der Waals surface area contributed by atoms with Gasteiger partial charge in [-0.05, 0) is 54.4 Å². The predicted molar refractivity (Wildman–Crippen MR) is 137 cm³/mol. The van der Waals surface area contributed by atoms with Crippen molar-refractivity contribution < 1.29 is 47.3 Å². The fourth-order valence-corrected chi connectivity index (χ4v) is 5.66. The Morgan fingerprint density at radius 3 is 2.24 bits per heavy atom. The number of benzene rings is 3. The quantitative estimate of drug-likeness (QED) is 0.354. The third-order valence-corrected chi connectivity index (χ3v) is 7.44. The van der Waals surface area contributed by atoms with Gasteiger partial charge in [-0.2, -0.15) is 13.2 Å². The molecule has 0 aliphatic carbocycles. The summed E-state index contributed by atoms with van der Waals surface area (Å²) < 4.78 is 45.1. The highest BCUT2D eigenvalue weighted by molar-refractivity contribution is 6.24. The molecule has 3 N–H and O–H groups in total. The minimum atomic E-state index is -4.59. The normalized spacial score (nSPS) is 23.9. The molecule has 2 aliphatic rings. The number of hydrogen-bond donors (Lipinski definition) is 3. The van der Waals surface area contributed by atoms with E-state index < -0.39 is 65.3 Å². The van der Waals surface area contributed by atoms with E-state index >= 15 is 0 Å². The Labute approximate surface area is 231 Å². The largest absolute Gasteiger partial charge is 0.481 e. The van der Waals surface area contributed by atoms with Crippen LogP contribution in [-0.2, 0) is 25.4 Å². The van der Waals surface area contributed by atoms with E-state index in [-0.39, 0.29) is 22.7 Å². The summed E-state index contributed by atoms with van der Waals surface area (Å²) in [6.45, 7) is 1.68. The van der Waals surface area contributed by atoms with Crippen molar-refractivity contribution in [3.63, 3.8) is 0 Å². The highest BCUT2D eigenvalue weighted by Gasteiger charge is 2.69. The Morgan fingerprint density at radius 2 is 1.61 bits per heavy atom. The number of aryl methyl sites for hydroxylation is 1. The third-order valence-electron chi connectivity index (χ3n) is 7.44. The lowest BCUT2D eigenvalue weighted by Crippen LogP contribution is -2.57. The monoisotopic (exact) mass is 568 g/mol. The Hall–Kier alpha value is -4.71. The summed E-state index contributed by atoms with van der Waals surface area (Å²) in [6, 6.07) is 15.5. The molecule has 0 radical (unpaired) electrons. The molecular weight excluding hydrogens is 545 g/mol. The number of carbonyl (C=O) groups excluding carboxylic acids is 2. The number of alkyl halides is 3. The van der Waals surface area contributed by atoms with Gasteiger partial charge < -0.3 is 14.9 Å². The van der Waals surface area contributed by atoms with E-state index in [0.29, 0.717) is 5.56 Å². The Morgan fingerprint density at radius 1 is 0.951 bits per heavy atom. The van der Waals surface area contributed by atoms with Crippen molar-refractivity contribution in [3.8, 4) is 11.5 Å². The molecule has 0 aromatic heterocycles. The molecule has 2 heterocycles. The number of fused-ring (bicyclic) bond motifs is 1. The molecule has 41 heavy (non-hydrogen) atoms. The number of halogens is 3. The summed E-state index contributed by atoms with van der Waals surface area (Å²) >= 11 is 0. The molecule has 2 amide bonds. The van der Waals surface area contributed by atoms with Gasteiger partial charge in [0.15, 0.2) is 0 Å². The van der Waals surface area contributed by atoms with E-state index in [2.05, 4.69) is 5.32 Å². The topological polar surface area (TPSA) is 133 Å². The predicted octanol–water partition coefficient (Wildman–Crippen LogP) is 4.55. The fourth-order valence-electron chi connectivity index (χ4n) is 5.66. The Bertz CT molecular complexity index is 1570. The molecule has 12 heteroatoms. The highest BCUT2D eigenvalue weighted by atomic mass is 19.4. The summed E-state index contributed by atoms with van der Waals surface area (Å²) in [5, 5.41) is 22.6. The van der Waals surface area contributed by atoms with Crippen molar-refractivity contribution in [2.45, 2.75) is 31.1 Å². The number of imide groups is 1. The summed E-state index contributed by atoms with van der Waals surface area (Å²) in [7, 11) is 0. The number of carboxylic acid groups (broad SMARTS) is 2. The van der Waals surface area contributed by atoms with E-state index in [0.717, 1.165) is 17.0 Å². The van der Waals surface area contributed by atoms with Crippen LogP contribution in [0.1, 0.15) is 29.2 Å². The van der Waals surface area contributed by atoms with E-state index in [9.17, 15) is 42.6 Å². The third kappa shape index (κ3) is 4.80. The second-order valence-corrected chi connectivity index (χ2v) is 9.97. The van der Waals surface area contributed by atoms with E-state index in [1.54, 1.807) is 25.1 Å². The van der Waals surface area contributed by atoms with Gasteiger partial charge in [-0.15, -0.1) is 0 Å². The molecule has 2 saturated heterocycles. The lowest BCUT2D eigenvalue weighted by atomic mass is 9.77. The maximum atomic E-state index is 13.8. The zero-order valence-corrected chi connectivity index (χ0v) is 21.4. The number of carboxylic acids is 2. The van der Waals surface area contributed by atoms with Crippen LogP contribution in [0.4, 0.5) is 18.9 Å². The SMILES string of the molecule is Cc1ccccc1N1C(=O)C2C(c3cccc(Oc4cccc(C(F)(F)F)c4)c3)NC(CC(=O)O)(C(=O)O)C2C1=O. The number of hydrogen-bond acceptors (Lipinski definition) is 6. The van der Waals surface area contributed by atoms with Gasteiger partial charge in [0.2, 0.25) is 11.8 Å². The number of para-hydroxylation sites is 1. The van der Waals surface area contributed by atoms with Gasteiger partial charge in [-0.3, -0.25) is 24.5 Å². The fraction of sp³-hybridized carbons (Fsp3) is 0.241. The van der Waals surface area contributed by atoms with Crippen molar-refractivity contribution in [3.05, 3.63) is 89.5 Å². The maximum absolute atomic E-state index is 13.8. The minimum Gasteiger partial charge on any atom is -0.481 e. The van der Waals surface area contributed by atoms with Crippen LogP contribution >= 0.6 is 0 Å². The van der Waals surface area contributed by atoms with Crippen molar-refractivity contribution >= 4 is 29.4 Å². The first-order valence-corrected chi connectivity index (χ1v) is 12.4. The molecular formula is C29H23F3N2O7. The molecule has 2 fully saturated rings. The van der Waals surface area contributed by atoms with Gasteiger partial charge in [0.1, 0.15) is 17.0 Å². The Balaban J connectivity index is 1.57. The summed E-state index contributed by atoms with van der Waals surface area (Å²) in [6.07, 6.45) is -5.58. The van der Waals surface area contributed by atoms with Crippen LogP contribution < -0.4 is 15.0 Å². The van der Waals surface area contributed by atoms with Crippen molar-refractivity contribution in [1.29, 1.82) is 0 Å². The zero-order valence-electron chi connectivity index (χ0n) is 21.4. The number of amides is 2. The molecule has 2 aliphatic heterocycles. The molecule has 0 spiro atoms. The van der Waals surface area contributed by atoms with Gasteiger partial charge in [0, 0.05) is 6.04 Å². The zero-order chi connectivity index (χ0) is 29.7. The van der Waals surface area contributed by atoms with Gasteiger partial charge >= 0.3 is 18.1 Å². The number of nitrogens with one attached hydrogen (secondary N) is 1. The van der Waals surface area contributed by atoms with Crippen LogP contribution in [0.2, 0.25) is 0 Å². The standard InChI is InChI=1S/C29H23F3N2O7/c1-15-6-2-3-11-20(15)34-25(37)22-23(26(34)38)28(27(39)40,14-21(35)36)33-24(22)16-7-4-9-18(12-16)41-19-10-5-8-17(13-19)29(30,31)32/h2-13,22-24,33H,14H2,1H3,(H,35,36)(H,39,40). The van der Waals surface area contributed by atoms with Crippen molar-refractivity contribution in [1.82, 2.24) is 5.32 Å². The first-order valence-electron chi connectivity index (χ1n) is 12.4. The number of aliphatic carboxylic acids is 2. The molecule has 0 bridgehead atoms. The number of nitrogens with zero attached hydrogens (tertiary/aromatic N) is 1. The average molecular weight is 569 g/mol. The average Bonchev–Trinajstić information content (AvgIpc) is 3.38. The first kappa shape index (κ1) is 27.8. The summed E-state index contributed by atoms with van der Waals surface area (Å²) in [5.41, 5.74) is -2.12. The summed E-state index contributed by atoms with van der Waals surface area (Å²) in [4.78, 5) is 52.9. The smallest absolute Gasteiger partial charge is 0.416 e. The molecule has 5 rings (SSSR count). The lowest BCUT2D eigenvalue weighted by molar-refractivity contribution is -0.154. The molecule has 9 nitrogen and oxygen atoms in total. The van der Waals surface area contributed by atoms with Crippen LogP contribution in [0.3, 0.4) is 0 Å². The van der Waals surface area contributed by atoms with E-state index in [4.69, 9.17) is 4.74 Å². The van der Waals surface area contributed by atoms with Crippen LogP contribution in [0, 0.1) is 18.8 Å². The van der Waals surface area contributed by atoms with Crippen LogP contribution in [0.25, 0.3) is 0 Å². The molecule has 0 saturated carbocycles.